The molecule has 71 heavy (non-hydrogen) atoms. The Morgan fingerprint density at radius 1 is 0.549 bits per heavy atom. The number of hydrogen-bond donors (Lipinski definition) is 0. The predicted molar refractivity (Wildman–Crippen MR) is 314 cm³/mol. The van der Waals surface area contributed by atoms with Gasteiger partial charge in [0.25, 0.3) is 6.71 Å². The molecule has 0 amide bonds. The van der Waals surface area contributed by atoms with E-state index in [1.165, 1.54) is 120 Å². The van der Waals surface area contributed by atoms with Gasteiger partial charge >= 0.3 is 0 Å². The molecule has 2 nitrogen and oxygen atoms in total. The van der Waals surface area contributed by atoms with Crippen molar-refractivity contribution < 1.29 is 0 Å². The largest absolute Gasteiger partial charge is 0.342 e. The van der Waals surface area contributed by atoms with Crippen LogP contribution in [0.2, 0.25) is 0 Å². The highest BCUT2D eigenvalue weighted by Gasteiger charge is 2.52. The van der Waals surface area contributed by atoms with Gasteiger partial charge in [-0.2, -0.15) is 11.3 Å². The maximum Gasteiger partial charge on any atom is 0.264 e. The van der Waals surface area contributed by atoms with E-state index in [0.29, 0.717) is 0 Å². The highest BCUT2D eigenvalue weighted by molar-refractivity contribution is 7.29. The smallest absolute Gasteiger partial charge is 0.264 e. The molecule has 0 spiro atoms. The molecule has 0 saturated carbocycles. The van der Waals surface area contributed by atoms with E-state index < -0.39 is 0 Å². The molecule has 0 fully saturated rings. The van der Waals surface area contributed by atoms with Gasteiger partial charge in [0.2, 0.25) is 0 Å². The second-order valence-corrected chi connectivity index (χ2v) is 29.6. The van der Waals surface area contributed by atoms with Gasteiger partial charge in [0, 0.05) is 38.9 Å². The van der Waals surface area contributed by atoms with E-state index in [-0.39, 0.29) is 44.6 Å². The molecule has 0 saturated heterocycles. The molecule has 2 aliphatic carbocycles. The topological polar surface area (TPSA) is 6.48 Å². The SMILES string of the molecule is Cc1cc(C)c(-c2cc(C(C)(C)C)ccc2CCN2c3cc4c(cc3B3c5sc6c(c5N(c5ccc(C(C)(C)C)cc5)c5cc(C(C)(C)C)cc2c53)C(C)(C)CCC6(C)C)C(C)(C)CCC4(C)C)c(C)c1. The van der Waals surface area contributed by atoms with Crippen molar-refractivity contribution >= 4 is 62.2 Å². The lowest BCUT2D eigenvalue weighted by Crippen LogP contribution is -2.62. The minimum Gasteiger partial charge on any atom is -0.342 e. The number of hydrogen-bond acceptors (Lipinski definition) is 3. The van der Waals surface area contributed by atoms with Crippen molar-refractivity contribution in [2.45, 2.75) is 208 Å². The Morgan fingerprint density at radius 2 is 1.08 bits per heavy atom. The Hall–Kier alpha value is -4.54. The van der Waals surface area contributed by atoms with Crippen LogP contribution in [0.15, 0.2) is 78.9 Å². The van der Waals surface area contributed by atoms with Crippen LogP contribution >= 0.6 is 11.3 Å². The molecule has 0 radical (unpaired) electrons. The van der Waals surface area contributed by atoms with Crippen LogP contribution in [0.4, 0.5) is 28.4 Å². The third kappa shape index (κ3) is 8.19. The second-order valence-electron chi connectivity index (χ2n) is 28.6. The summed E-state index contributed by atoms with van der Waals surface area (Å²) in [4.78, 5) is 7.18. The molecule has 0 atom stereocenters. The van der Waals surface area contributed by atoms with E-state index in [2.05, 4.69) is 238 Å². The zero-order valence-electron chi connectivity index (χ0n) is 47.6. The Kier molecular flexibility index (Phi) is 11.4. The van der Waals surface area contributed by atoms with E-state index in [4.69, 9.17) is 0 Å². The maximum atomic E-state index is 2.82. The Morgan fingerprint density at radius 3 is 1.68 bits per heavy atom. The van der Waals surface area contributed by atoms with Gasteiger partial charge in [-0.1, -0.05) is 172 Å². The first kappa shape index (κ1) is 50.0. The summed E-state index contributed by atoms with van der Waals surface area (Å²) in [5.74, 6) is 0. The van der Waals surface area contributed by atoms with Gasteiger partial charge in [0.15, 0.2) is 0 Å². The third-order valence-corrected chi connectivity index (χ3v) is 19.6. The van der Waals surface area contributed by atoms with Crippen LogP contribution in [-0.2, 0) is 44.3 Å². The average Bonchev–Trinajstić information content (AvgIpc) is 3.68. The fourth-order valence-electron chi connectivity index (χ4n) is 13.3. The first-order valence-electron chi connectivity index (χ1n) is 27.2. The number of anilines is 5. The maximum absolute atomic E-state index is 2.82. The van der Waals surface area contributed by atoms with Gasteiger partial charge in [-0.25, -0.2) is 0 Å². The summed E-state index contributed by atoms with van der Waals surface area (Å²) < 4.78 is 1.54. The van der Waals surface area contributed by atoms with Crippen molar-refractivity contribution in [1.82, 2.24) is 0 Å². The molecule has 4 aliphatic rings. The Bertz CT molecular complexity index is 3110. The summed E-state index contributed by atoms with van der Waals surface area (Å²) in [6.45, 7) is 49.4. The number of aryl methyl sites for hydroxylation is 3. The van der Waals surface area contributed by atoms with E-state index in [1.807, 2.05) is 0 Å². The van der Waals surface area contributed by atoms with Crippen LogP contribution in [0.25, 0.3) is 11.1 Å². The third-order valence-electron chi connectivity index (χ3n) is 18.0. The van der Waals surface area contributed by atoms with Crippen LogP contribution in [0, 0.1) is 20.8 Å². The lowest BCUT2D eigenvalue weighted by molar-refractivity contribution is 0.332. The molecule has 5 aromatic carbocycles. The normalized spacial score (nSPS) is 18.4. The number of fused-ring (bicyclic) bond motifs is 7. The van der Waals surface area contributed by atoms with Crippen molar-refractivity contribution in [3.05, 3.63) is 139 Å². The van der Waals surface area contributed by atoms with E-state index in [1.54, 1.807) is 21.6 Å². The van der Waals surface area contributed by atoms with Crippen molar-refractivity contribution in [1.29, 1.82) is 0 Å². The number of benzene rings is 5. The molecule has 10 rings (SSSR count). The molecule has 372 valence electrons. The van der Waals surface area contributed by atoms with Gasteiger partial charge in [0.1, 0.15) is 0 Å². The average molecular weight is 961 g/mol. The van der Waals surface area contributed by atoms with Crippen molar-refractivity contribution in [3.8, 4) is 11.1 Å². The van der Waals surface area contributed by atoms with Crippen molar-refractivity contribution in [3.63, 3.8) is 0 Å². The number of rotatable bonds is 5. The van der Waals surface area contributed by atoms with Crippen molar-refractivity contribution in [2.24, 2.45) is 0 Å². The molecular formula is C67H85BN2S. The molecule has 1 aromatic heterocycles. The summed E-state index contributed by atoms with van der Waals surface area (Å²) in [7, 11) is 0. The standard InChI is InChI=1S/C67H85BN2S/c1-40-33-41(2)55(42(3)34-40)48-35-45(62(7,8)9)22-21-43(48)27-32-69-52-39-50-49(64(13,14)28-29-65(50,15)16)38-51(52)68-57-53(69)36-46(63(10,11)12)37-54(57)70(47-25-23-44(24-26-47)61(4,5)6)58-56-59(71-60(58)68)67(19,20)31-30-66(56,17)18/h21-26,33-39H,27-32H2,1-20H3. The lowest BCUT2D eigenvalue weighted by atomic mass is 9.35. The zero-order valence-corrected chi connectivity index (χ0v) is 48.4. The summed E-state index contributed by atoms with van der Waals surface area (Å²) in [6.07, 6.45) is 5.69. The first-order chi connectivity index (χ1) is 32.8. The summed E-state index contributed by atoms with van der Waals surface area (Å²) in [6, 6.07) is 32.6. The Balaban J connectivity index is 1.29. The number of thiophene rings is 1. The molecule has 0 N–H and O–H groups in total. The highest BCUT2D eigenvalue weighted by Crippen LogP contribution is 2.57. The first-order valence-corrected chi connectivity index (χ1v) is 28.1. The Labute approximate surface area is 435 Å². The fourth-order valence-corrected chi connectivity index (χ4v) is 15.0. The van der Waals surface area contributed by atoms with Crippen LogP contribution in [0.5, 0.6) is 0 Å². The lowest BCUT2D eigenvalue weighted by Gasteiger charge is -2.48. The fraction of sp³-hybridized carbons (Fsp3) is 0.493. The van der Waals surface area contributed by atoms with Crippen LogP contribution < -0.4 is 25.5 Å². The number of nitrogens with zero attached hydrogens (tertiary/aromatic N) is 2. The molecule has 3 heterocycles. The summed E-state index contributed by atoms with van der Waals surface area (Å²) in [5, 5.41) is 0. The molecule has 2 aliphatic heterocycles. The van der Waals surface area contributed by atoms with Crippen molar-refractivity contribution in [2.75, 3.05) is 16.3 Å². The summed E-state index contributed by atoms with van der Waals surface area (Å²) in [5.41, 5.74) is 27.3. The molecule has 0 bridgehead atoms. The zero-order chi connectivity index (χ0) is 51.5. The van der Waals surface area contributed by atoms with E-state index in [9.17, 15) is 0 Å². The molecular weight excluding hydrogens is 876 g/mol. The minimum atomic E-state index is -0.0807. The second kappa shape index (κ2) is 16.2. The van der Waals surface area contributed by atoms with E-state index >= 15 is 0 Å². The quantitative estimate of drug-likeness (QED) is 0.159. The monoisotopic (exact) mass is 961 g/mol. The van der Waals surface area contributed by atoms with Gasteiger partial charge < -0.3 is 9.80 Å². The van der Waals surface area contributed by atoms with Gasteiger partial charge in [-0.3, -0.25) is 0 Å². The molecule has 0 unspecified atom stereocenters. The van der Waals surface area contributed by atoms with Gasteiger partial charge in [0.05, 0.1) is 5.69 Å². The van der Waals surface area contributed by atoms with Gasteiger partial charge in [-0.15, -0.1) is 0 Å². The van der Waals surface area contributed by atoms with Crippen LogP contribution in [0.3, 0.4) is 0 Å². The summed E-state index contributed by atoms with van der Waals surface area (Å²) >= 11 is 2.16. The molecule has 4 heteroatoms. The minimum absolute atomic E-state index is 0.0281. The highest BCUT2D eigenvalue weighted by atomic mass is 32.1. The van der Waals surface area contributed by atoms with Crippen LogP contribution in [-0.4, -0.2) is 13.3 Å². The molecule has 6 aromatic rings. The van der Waals surface area contributed by atoms with Crippen LogP contribution in [0.1, 0.15) is 204 Å². The van der Waals surface area contributed by atoms with E-state index in [0.717, 1.165) is 13.0 Å². The van der Waals surface area contributed by atoms with Gasteiger partial charge in [-0.05, 0) is 193 Å². The predicted octanol–water partition coefficient (Wildman–Crippen LogP) is 16.9.